The van der Waals surface area contributed by atoms with Crippen LogP contribution in [0.4, 0.5) is 0 Å². The van der Waals surface area contributed by atoms with E-state index in [4.69, 9.17) is 4.74 Å². The second kappa shape index (κ2) is 8.48. The Morgan fingerprint density at radius 1 is 1.47 bits per heavy atom. The molecule has 0 aromatic heterocycles. The lowest BCUT2D eigenvalue weighted by atomic mass is 10.1. The van der Waals surface area contributed by atoms with E-state index < -0.39 is 0 Å². The van der Waals surface area contributed by atoms with Crippen LogP contribution in [0.2, 0.25) is 0 Å². The highest BCUT2D eigenvalue weighted by Gasteiger charge is 2.22. The van der Waals surface area contributed by atoms with E-state index in [1.54, 1.807) is 0 Å². The smallest absolute Gasteiger partial charge is 0.224 e. The summed E-state index contributed by atoms with van der Waals surface area (Å²) in [5.41, 5.74) is 0. The summed E-state index contributed by atoms with van der Waals surface area (Å²) in [6, 6.07) is 0.486. The van der Waals surface area contributed by atoms with E-state index in [-0.39, 0.29) is 5.91 Å². The lowest BCUT2D eigenvalue weighted by Gasteiger charge is -2.33. The Morgan fingerprint density at radius 3 is 3.00 bits per heavy atom. The molecule has 17 heavy (non-hydrogen) atoms. The molecular formula is C13H26N2O2. The van der Waals surface area contributed by atoms with E-state index in [2.05, 4.69) is 12.2 Å². The van der Waals surface area contributed by atoms with Crippen molar-refractivity contribution in [3.63, 3.8) is 0 Å². The summed E-state index contributed by atoms with van der Waals surface area (Å²) in [5, 5.41) is 3.50. The number of ether oxygens (including phenoxy) is 1. The molecule has 0 bridgehead atoms. The van der Waals surface area contributed by atoms with Gasteiger partial charge in [-0.25, -0.2) is 0 Å². The first-order valence-electron chi connectivity index (χ1n) is 6.86. The number of likely N-dealkylation sites (tertiary alicyclic amines) is 1. The molecule has 0 aromatic carbocycles. The van der Waals surface area contributed by atoms with Gasteiger partial charge in [-0.3, -0.25) is 4.79 Å². The molecule has 0 spiro atoms. The Bertz CT molecular complexity index is 221. The number of piperidine rings is 1. The third-order valence-electron chi connectivity index (χ3n) is 3.12. The fourth-order valence-corrected chi connectivity index (χ4v) is 2.18. The maximum absolute atomic E-state index is 11.9. The minimum Gasteiger partial charge on any atom is -0.381 e. The van der Waals surface area contributed by atoms with Gasteiger partial charge in [-0.05, 0) is 32.7 Å². The first-order valence-corrected chi connectivity index (χ1v) is 6.86. The summed E-state index contributed by atoms with van der Waals surface area (Å²) in [5.74, 6) is 0.237. The van der Waals surface area contributed by atoms with Gasteiger partial charge in [0, 0.05) is 25.7 Å². The molecule has 1 saturated heterocycles. The van der Waals surface area contributed by atoms with Crippen LogP contribution in [0.3, 0.4) is 0 Å². The van der Waals surface area contributed by atoms with Gasteiger partial charge in [0.1, 0.15) is 0 Å². The highest BCUT2D eigenvalue weighted by molar-refractivity contribution is 5.76. The average molecular weight is 242 g/mol. The predicted octanol–water partition coefficient (Wildman–Crippen LogP) is 1.40. The fourth-order valence-electron chi connectivity index (χ4n) is 2.18. The second-order valence-corrected chi connectivity index (χ2v) is 4.58. The van der Waals surface area contributed by atoms with Crippen molar-refractivity contribution in [3.8, 4) is 0 Å². The summed E-state index contributed by atoms with van der Waals surface area (Å²) >= 11 is 0. The quantitative estimate of drug-likeness (QED) is 0.686. The van der Waals surface area contributed by atoms with Gasteiger partial charge < -0.3 is 15.0 Å². The molecule has 1 fully saturated rings. The molecule has 1 amide bonds. The minimum absolute atomic E-state index is 0.237. The number of rotatable bonds is 7. The van der Waals surface area contributed by atoms with Gasteiger partial charge in [0.05, 0.1) is 13.0 Å². The molecule has 4 heteroatoms. The van der Waals surface area contributed by atoms with Crippen LogP contribution in [0, 0.1) is 0 Å². The highest BCUT2D eigenvalue weighted by Crippen LogP contribution is 2.11. The van der Waals surface area contributed by atoms with Crippen molar-refractivity contribution in [2.75, 3.05) is 32.8 Å². The molecule has 1 aliphatic rings. The van der Waals surface area contributed by atoms with Crippen LogP contribution < -0.4 is 5.32 Å². The van der Waals surface area contributed by atoms with E-state index in [0.29, 0.717) is 25.7 Å². The summed E-state index contributed by atoms with van der Waals surface area (Å²) in [6.07, 6.45) is 3.97. The molecule has 100 valence electrons. The first kappa shape index (κ1) is 14.5. The first-order chi connectivity index (χ1) is 8.27. The van der Waals surface area contributed by atoms with Crippen molar-refractivity contribution in [2.24, 2.45) is 0 Å². The van der Waals surface area contributed by atoms with E-state index in [1.807, 2.05) is 11.8 Å². The summed E-state index contributed by atoms with van der Waals surface area (Å²) in [4.78, 5) is 13.9. The van der Waals surface area contributed by atoms with Gasteiger partial charge in [0.15, 0.2) is 0 Å². The molecule has 0 saturated carbocycles. The summed E-state index contributed by atoms with van der Waals surface area (Å²) in [6.45, 7) is 8.19. The van der Waals surface area contributed by atoms with Crippen LogP contribution in [-0.4, -0.2) is 49.7 Å². The zero-order chi connectivity index (χ0) is 12.5. The Kier molecular flexibility index (Phi) is 7.21. The zero-order valence-corrected chi connectivity index (χ0v) is 11.2. The Balaban J connectivity index is 2.25. The molecule has 4 nitrogen and oxygen atoms in total. The lowest BCUT2D eigenvalue weighted by Crippen LogP contribution is -2.48. The van der Waals surface area contributed by atoms with Crippen molar-refractivity contribution >= 4 is 5.91 Å². The van der Waals surface area contributed by atoms with Gasteiger partial charge in [-0.2, -0.15) is 0 Å². The molecule has 0 radical (unpaired) electrons. The number of hydrogen-bond acceptors (Lipinski definition) is 3. The number of nitrogens with zero attached hydrogens (tertiary/aromatic N) is 1. The van der Waals surface area contributed by atoms with Crippen molar-refractivity contribution in [3.05, 3.63) is 0 Å². The molecule has 1 heterocycles. The fraction of sp³-hybridized carbons (Fsp3) is 0.923. The Morgan fingerprint density at radius 2 is 2.29 bits per heavy atom. The summed E-state index contributed by atoms with van der Waals surface area (Å²) < 4.78 is 5.22. The van der Waals surface area contributed by atoms with Crippen molar-refractivity contribution in [1.82, 2.24) is 10.2 Å². The van der Waals surface area contributed by atoms with Crippen LogP contribution in [0.25, 0.3) is 0 Å². The molecule has 1 atom stereocenters. The topological polar surface area (TPSA) is 41.6 Å². The molecule has 1 unspecified atom stereocenters. The molecule has 0 aliphatic carbocycles. The minimum atomic E-state index is 0.237. The third-order valence-corrected chi connectivity index (χ3v) is 3.12. The predicted molar refractivity (Wildman–Crippen MR) is 69.0 cm³/mol. The largest absolute Gasteiger partial charge is 0.381 e. The van der Waals surface area contributed by atoms with Crippen molar-refractivity contribution in [1.29, 1.82) is 0 Å². The number of amides is 1. The lowest BCUT2D eigenvalue weighted by molar-refractivity contribution is -0.133. The molecule has 1 rings (SSSR count). The number of nitrogens with one attached hydrogen (secondary N) is 1. The van der Waals surface area contributed by atoms with Gasteiger partial charge in [0.2, 0.25) is 5.91 Å². The van der Waals surface area contributed by atoms with Crippen molar-refractivity contribution < 1.29 is 9.53 Å². The van der Waals surface area contributed by atoms with E-state index in [0.717, 1.165) is 32.5 Å². The highest BCUT2D eigenvalue weighted by atomic mass is 16.5. The van der Waals surface area contributed by atoms with Gasteiger partial charge in [0.25, 0.3) is 0 Å². The zero-order valence-electron chi connectivity index (χ0n) is 11.2. The third kappa shape index (κ3) is 5.50. The number of carbonyl (C=O) groups excluding carboxylic acids is 1. The Labute approximate surface area is 105 Å². The van der Waals surface area contributed by atoms with Gasteiger partial charge >= 0.3 is 0 Å². The van der Waals surface area contributed by atoms with Gasteiger partial charge in [-0.1, -0.05) is 6.92 Å². The van der Waals surface area contributed by atoms with E-state index in [1.165, 1.54) is 6.42 Å². The number of carbonyl (C=O) groups is 1. The standard InChI is InChI=1S/C13H26N2O2/c1-3-8-14-12-6-5-9-15(11-12)13(16)7-10-17-4-2/h12,14H,3-11H2,1-2H3. The van der Waals surface area contributed by atoms with Crippen molar-refractivity contribution in [2.45, 2.75) is 45.6 Å². The SMILES string of the molecule is CCCNC1CCCN(C(=O)CCOCC)C1. The molecule has 0 aromatic rings. The molecular weight excluding hydrogens is 216 g/mol. The Hall–Kier alpha value is -0.610. The van der Waals surface area contributed by atoms with E-state index in [9.17, 15) is 4.79 Å². The summed E-state index contributed by atoms with van der Waals surface area (Å²) in [7, 11) is 0. The van der Waals surface area contributed by atoms with Crippen LogP contribution in [0.5, 0.6) is 0 Å². The normalized spacial score (nSPS) is 20.6. The van der Waals surface area contributed by atoms with Crippen LogP contribution in [0.15, 0.2) is 0 Å². The molecule has 1 aliphatic heterocycles. The van der Waals surface area contributed by atoms with Crippen LogP contribution in [-0.2, 0) is 9.53 Å². The monoisotopic (exact) mass is 242 g/mol. The van der Waals surface area contributed by atoms with Gasteiger partial charge in [-0.15, -0.1) is 0 Å². The molecule has 1 N–H and O–H groups in total. The maximum Gasteiger partial charge on any atom is 0.224 e. The second-order valence-electron chi connectivity index (χ2n) is 4.58. The van der Waals surface area contributed by atoms with Crippen LogP contribution in [0.1, 0.15) is 39.5 Å². The van der Waals surface area contributed by atoms with E-state index >= 15 is 0 Å². The number of hydrogen-bond donors (Lipinski definition) is 1. The maximum atomic E-state index is 11.9. The van der Waals surface area contributed by atoms with Crippen LogP contribution >= 0.6 is 0 Å². The average Bonchev–Trinajstić information content (AvgIpc) is 2.37.